The van der Waals surface area contributed by atoms with E-state index in [1.807, 2.05) is 12.1 Å². The lowest BCUT2D eigenvalue weighted by atomic mass is 10.1. The van der Waals surface area contributed by atoms with E-state index in [4.69, 9.17) is 5.11 Å². The molecule has 3 heteroatoms. The number of unbranched alkanes of at least 4 members (excludes halogenated alkanes) is 2. The number of rotatable bonds is 8. The van der Waals surface area contributed by atoms with Gasteiger partial charge in [-0.3, -0.25) is 4.79 Å². The fraction of sp³-hybridized carbons (Fsp3) is 0.562. The summed E-state index contributed by atoms with van der Waals surface area (Å²) in [6.45, 7) is 3.89. The Bertz CT molecular complexity index is 371. The molecule has 0 spiro atoms. The molecule has 1 aromatic carbocycles. The number of hydrogen-bond donors (Lipinski definition) is 2. The summed E-state index contributed by atoms with van der Waals surface area (Å²) in [5, 5.41) is 12.0. The molecule has 1 unspecified atom stereocenters. The fourth-order valence-corrected chi connectivity index (χ4v) is 1.90. The second kappa shape index (κ2) is 8.70. The molecule has 0 bridgehead atoms. The van der Waals surface area contributed by atoms with E-state index in [-0.39, 0.29) is 5.91 Å². The van der Waals surface area contributed by atoms with Crippen molar-refractivity contribution >= 4 is 11.6 Å². The Labute approximate surface area is 116 Å². The minimum absolute atomic E-state index is 0.0420. The minimum Gasteiger partial charge on any atom is -0.393 e. The van der Waals surface area contributed by atoms with Gasteiger partial charge in [-0.1, -0.05) is 31.9 Å². The van der Waals surface area contributed by atoms with Crippen LogP contribution in [0.5, 0.6) is 0 Å². The largest absolute Gasteiger partial charge is 0.393 e. The molecule has 1 rings (SSSR count). The molecule has 1 amide bonds. The van der Waals surface area contributed by atoms with E-state index < -0.39 is 6.10 Å². The van der Waals surface area contributed by atoms with E-state index in [2.05, 4.69) is 24.4 Å². The van der Waals surface area contributed by atoms with Crippen LogP contribution >= 0.6 is 0 Å². The maximum Gasteiger partial charge on any atom is 0.224 e. The zero-order chi connectivity index (χ0) is 14.1. The van der Waals surface area contributed by atoms with Crippen LogP contribution in [0.2, 0.25) is 0 Å². The standard InChI is InChI=1S/C16H25NO2/c1-3-4-5-6-14-8-10-15(11-9-14)17-16(19)12-7-13(2)18/h8-11,13,18H,3-7,12H2,1-2H3,(H,17,19). The van der Waals surface area contributed by atoms with Crippen LogP contribution < -0.4 is 5.32 Å². The lowest BCUT2D eigenvalue weighted by Crippen LogP contribution is -2.13. The number of carbonyl (C=O) groups excluding carboxylic acids is 1. The minimum atomic E-state index is -0.424. The summed E-state index contributed by atoms with van der Waals surface area (Å²) < 4.78 is 0. The average molecular weight is 263 g/mol. The highest BCUT2D eigenvalue weighted by Crippen LogP contribution is 2.13. The number of aryl methyl sites for hydroxylation is 1. The predicted octanol–water partition coefficient (Wildman–Crippen LogP) is 3.52. The van der Waals surface area contributed by atoms with E-state index in [1.165, 1.54) is 24.8 Å². The molecule has 0 fully saturated rings. The van der Waals surface area contributed by atoms with Crippen LogP contribution in [0.1, 0.15) is 51.5 Å². The molecule has 2 N–H and O–H groups in total. The summed E-state index contributed by atoms with van der Waals surface area (Å²) in [5.74, 6) is -0.0420. The van der Waals surface area contributed by atoms with Crippen molar-refractivity contribution < 1.29 is 9.90 Å². The van der Waals surface area contributed by atoms with Gasteiger partial charge >= 0.3 is 0 Å². The zero-order valence-electron chi connectivity index (χ0n) is 12.0. The van der Waals surface area contributed by atoms with Crippen LogP contribution in [-0.2, 0) is 11.2 Å². The molecule has 19 heavy (non-hydrogen) atoms. The molecule has 1 atom stereocenters. The molecule has 0 aliphatic rings. The number of aliphatic hydroxyl groups is 1. The van der Waals surface area contributed by atoms with Crippen LogP contribution in [0, 0.1) is 0 Å². The summed E-state index contributed by atoms with van der Waals surface area (Å²) >= 11 is 0. The zero-order valence-corrected chi connectivity index (χ0v) is 12.0. The van der Waals surface area contributed by atoms with Crippen molar-refractivity contribution in [3.05, 3.63) is 29.8 Å². The van der Waals surface area contributed by atoms with Crippen molar-refractivity contribution in [3.8, 4) is 0 Å². The first-order valence-electron chi connectivity index (χ1n) is 7.18. The summed E-state index contributed by atoms with van der Waals surface area (Å²) in [7, 11) is 0. The first-order chi connectivity index (χ1) is 9.11. The summed E-state index contributed by atoms with van der Waals surface area (Å²) in [4.78, 5) is 11.6. The van der Waals surface area contributed by atoms with E-state index >= 15 is 0 Å². The number of benzene rings is 1. The van der Waals surface area contributed by atoms with E-state index in [1.54, 1.807) is 6.92 Å². The van der Waals surface area contributed by atoms with Gasteiger partial charge in [0.05, 0.1) is 6.10 Å². The highest BCUT2D eigenvalue weighted by Gasteiger charge is 2.04. The molecule has 0 saturated carbocycles. The Balaban J connectivity index is 2.37. The molecule has 0 aliphatic heterocycles. The molecule has 0 heterocycles. The van der Waals surface area contributed by atoms with Crippen molar-refractivity contribution in [2.24, 2.45) is 0 Å². The molecule has 106 valence electrons. The third kappa shape index (κ3) is 6.97. The van der Waals surface area contributed by atoms with E-state index in [9.17, 15) is 4.79 Å². The number of amides is 1. The van der Waals surface area contributed by atoms with Crippen LogP contribution in [0.4, 0.5) is 5.69 Å². The van der Waals surface area contributed by atoms with Gasteiger partial charge < -0.3 is 10.4 Å². The van der Waals surface area contributed by atoms with Crippen LogP contribution in [0.25, 0.3) is 0 Å². The maximum absolute atomic E-state index is 11.6. The van der Waals surface area contributed by atoms with E-state index in [0.29, 0.717) is 12.8 Å². The molecule has 0 aromatic heterocycles. The Morgan fingerprint density at radius 1 is 1.26 bits per heavy atom. The second-order valence-electron chi connectivity index (χ2n) is 5.09. The number of aliphatic hydroxyl groups excluding tert-OH is 1. The van der Waals surface area contributed by atoms with Crippen molar-refractivity contribution in [1.29, 1.82) is 0 Å². The Kier molecular flexibility index (Phi) is 7.19. The van der Waals surface area contributed by atoms with Gasteiger partial charge in [-0.15, -0.1) is 0 Å². The summed E-state index contributed by atoms with van der Waals surface area (Å²) in [5.41, 5.74) is 2.14. The average Bonchev–Trinajstić information content (AvgIpc) is 2.39. The molecule has 0 saturated heterocycles. The van der Waals surface area contributed by atoms with Gasteiger partial charge in [0, 0.05) is 12.1 Å². The number of carbonyl (C=O) groups is 1. The number of anilines is 1. The maximum atomic E-state index is 11.6. The van der Waals surface area contributed by atoms with Crippen LogP contribution in [0.15, 0.2) is 24.3 Å². The first kappa shape index (κ1) is 15.7. The van der Waals surface area contributed by atoms with Gasteiger partial charge in [0.2, 0.25) is 5.91 Å². The van der Waals surface area contributed by atoms with Gasteiger partial charge in [0.1, 0.15) is 0 Å². The van der Waals surface area contributed by atoms with Crippen molar-refractivity contribution in [1.82, 2.24) is 0 Å². The SMILES string of the molecule is CCCCCc1ccc(NC(=O)CCC(C)O)cc1. The van der Waals surface area contributed by atoms with Crippen molar-refractivity contribution in [2.75, 3.05) is 5.32 Å². The third-order valence-electron chi connectivity index (χ3n) is 3.10. The second-order valence-corrected chi connectivity index (χ2v) is 5.09. The Hall–Kier alpha value is -1.35. The van der Waals surface area contributed by atoms with Crippen molar-refractivity contribution in [2.45, 2.75) is 58.5 Å². The molecule has 0 radical (unpaired) electrons. The monoisotopic (exact) mass is 263 g/mol. The molecule has 1 aromatic rings. The van der Waals surface area contributed by atoms with Gasteiger partial charge in [0.25, 0.3) is 0 Å². The first-order valence-corrected chi connectivity index (χ1v) is 7.18. The third-order valence-corrected chi connectivity index (χ3v) is 3.10. The molecule has 0 aliphatic carbocycles. The normalized spacial score (nSPS) is 12.2. The summed E-state index contributed by atoms with van der Waals surface area (Å²) in [6.07, 6.45) is 5.25. The van der Waals surface area contributed by atoms with Gasteiger partial charge in [0.15, 0.2) is 0 Å². The van der Waals surface area contributed by atoms with Gasteiger partial charge in [-0.2, -0.15) is 0 Å². The lowest BCUT2D eigenvalue weighted by molar-refractivity contribution is -0.116. The van der Waals surface area contributed by atoms with E-state index in [0.717, 1.165) is 12.1 Å². The Morgan fingerprint density at radius 2 is 1.95 bits per heavy atom. The fourth-order valence-electron chi connectivity index (χ4n) is 1.90. The highest BCUT2D eigenvalue weighted by atomic mass is 16.3. The topological polar surface area (TPSA) is 49.3 Å². The molecular formula is C16H25NO2. The Morgan fingerprint density at radius 3 is 2.53 bits per heavy atom. The van der Waals surface area contributed by atoms with Crippen LogP contribution in [0.3, 0.4) is 0 Å². The van der Waals surface area contributed by atoms with Crippen molar-refractivity contribution in [3.63, 3.8) is 0 Å². The highest BCUT2D eigenvalue weighted by molar-refractivity contribution is 5.90. The van der Waals surface area contributed by atoms with Crippen LogP contribution in [-0.4, -0.2) is 17.1 Å². The van der Waals surface area contributed by atoms with Gasteiger partial charge in [-0.05, 0) is 43.9 Å². The number of nitrogens with one attached hydrogen (secondary N) is 1. The lowest BCUT2D eigenvalue weighted by Gasteiger charge is -2.07. The van der Waals surface area contributed by atoms with Gasteiger partial charge in [-0.25, -0.2) is 0 Å². The molecular weight excluding hydrogens is 238 g/mol. The quantitative estimate of drug-likeness (QED) is 0.705. The smallest absolute Gasteiger partial charge is 0.224 e. The molecule has 3 nitrogen and oxygen atoms in total. The predicted molar refractivity (Wildman–Crippen MR) is 79.2 cm³/mol. The summed E-state index contributed by atoms with van der Waals surface area (Å²) in [6, 6.07) is 8.03. The number of hydrogen-bond acceptors (Lipinski definition) is 2.